The largest absolute Gasteiger partial charge is 0.492 e. The van der Waals surface area contributed by atoms with E-state index in [2.05, 4.69) is 9.80 Å². The molecule has 0 radical (unpaired) electrons. The third-order valence-electron chi connectivity index (χ3n) is 5.97. The Morgan fingerprint density at radius 3 is 1.63 bits per heavy atom. The molecule has 262 valence electrons. The predicted octanol–water partition coefficient (Wildman–Crippen LogP) is 2.13. The number of carbonyl (C=O) groups is 4. The molecule has 3 saturated heterocycles. The number of benzene rings is 1. The molecule has 3 aliphatic heterocycles. The van der Waals surface area contributed by atoms with Crippen molar-refractivity contribution in [1.29, 1.82) is 5.41 Å². The lowest BCUT2D eigenvalue weighted by atomic mass is 9.83. The molecule has 1 aromatic carbocycles. The second kappa shape index (κ2) is 18.0. The minimum Gasteiger partial charge on any atom is -0.492 e. The first kappa shape index (κ1) is 41.7. The van der Waals surface area contributed by atoms with E-state index in [1.54, 1.807) is 12.1 Å². The van der Waals surface area contributed by atoms with Crippen molar-refractivity contribution < 1.29 is 78.7 Å². The lowest BCUT2D eigenvalue weighted by Gasteiger charge is -2.48. The Hall–Kier alpha value is -4.34. The Balaban J connectivity index is 0.000000786. The molecule has 3 heterocycles. The standard InChI is InChI=1S/C18H27N5O2.3C2HF3O2/c19-17(24)12-23(16-11-22-6-4-13(16)5-7-22)8-9-25-15-3-1-2-14(10-15)18(20)21;3*3-2(4,5)1(6)7/h1-3,10,13,16H,4-9,11-12H2,(H2,19,24)(H3,20,21);3*(H,6,7). The van der Waals surface area contributed by atoms with Crippen LogP contribution in [0.25, 0.3) is 0 Å². The summed E-state index contributed by atoms with van der Waals surface area (Å²) >= 11 is 0. The Bertz CT molecular complexity index is 1130. The second-order valence-electron chi connectivity index (χ2n) is 9.34. The molecule has 22 heteroatoms. The predicted molar refractivity (Wildman–Crippen MR) is 138 cm³/mol. The molecular formula is C24H30F9N5O8. The number of nitrogens with zero attached hydrogens (tertiary/aromatic N) is 2. The van der Waals surface area contributed by atoms with Crippen LogP contribution in [0, 0.1) is 11.3 Å². The normalized spacial score (nSPS) is 18.8. The minimum atomic E-state index is -5.08. The number of piperidine rings is 3. The maximum atomic E-state index is 11.5. The van der Waals surface area contributed by atoms with Crippen molar-refractivity contribution in [2.75, 3.05) is 39.3 Å². The number of carboxylic acids is 3. The first-order valence-corrected chi connectivity index (χ1v) is 12.6. The average Bonchev–Trinajstić information content (AvgIpc) is 2.92. The van der Waals surface area contributed by atoms with Gasteiger partial charge < -0.3 is 36.4 Å². The smallest absolute Gasteiger partial charge is 0.490 e. The molecule has 1 atom stereocenters. The van der Waals surface area contributed by atoms with Crippen LogP contribution >= 0.6 is 0 Å². The zero-order chi connectivity index (χ0) is 36.0. The Morgan fingerprint density at radius 1 is 0.870 bits per heavy atom. The first-order valence-electron chi connectivity index (χ1n) is 12.6. The summed E-state index contributed by atoms with van der Waals surface area (Å²) in [6.45, 7) is 4.74. The highest BCUT2D eigenvalue weighted by Gasteiger charge is 2.40. The van der Waals surface area contributed by atoms with E-state index < -0.39 is 36.4 Å². The van der Waals surface area contributed by atoms with Crippen LogP contribution in [0.5, 0.6) is 5.75 Å². The third kappa shape index (κ3) is 16.7. The van der Waals surface area contributed by atoms with Gasteiger partial charge in [0, 0.05) is 24.7 Å². The van der Waals surface area contributed by atoms with Gasteiger partial charge in [0.1, 0.15) is 18.2 Å². The summed E-state index contributed by atoms with van der Waals surface area (Å²) in [6, 6.07) is 7.58. The van der Waals surface area contributed by atoms with Gasteiger partial charge in [0.05, 0.1) is 6.54 Å². The number of amides is 1. The van der Waals surface area contributed by atoms with Crippen molar-refractivity contribution >= 4 is 29.7 Å². The van der Waals surface area contributed by atoms with Crippen LogP contribution in [0.3, 0.4) is 0 Å². The molecule has 8 N–H and O–H groups in total. The Morgan fingerprint density at radius 2 is 1.30 bits per heavy atom. The van der Waals surface area contributed by atoms with E-state index in [9.17, 15) is 44.3 Å². The summed E-state index contributed by atoms with van der Waals surface area (Å²) in [6.07, 6.45) is -12.9. The van der Waals surface area contributed by atoms with Gasteiger partial charge in [-0.1, -0.05) is 12.1 Å². The van der Waals surface area contributed by atoms with Gasteiger partial charge in [0.2, 0.25) is 5.91 Å². The van der Waals surface area contributed by atoms with E-state index in [1.807, 2.05) is 12.1 Å². The quantitative estimate of drug-likeness (QED) is 0.132. The van der Waals surface area contributed by atoms with Gasteiger partial charge in [0.15, 0.2) is 0 Å². The first-order chi connectivity index (χ1) is 20.9. The summed E-state index contributed by atoms with van der Waals surface area (Å²) in [5.74, 6) is -7.22. The van der Waals surface area contributed by atoms with Gasteiger partial charge in [-0.25, -0.2) is 14.4 Å². The number of carbonyl (C=O) groups excluding carboxylic acids is 1. The van der Waals surface area contributed by atoms with E-state index in [-0.39, 0.29) is 18.3 Å². The van der Waals surface area contributed by atoms with Crippen LogP contribution in [0.1, 0.15) is 18.4 Å². The van der Waals surface area contributed by atoms with Crippen LogP contribution < -0.4 is 16.2 Å². The fourth-order valence-corrected chi connectivity index (χ4v) is 3.94. The van der Waals surface area contributed by atoms with Crippen LogP contribution in [-0.2, 0) is 19.2 Å². The van der Waals surface area contributed by atoms with E-state index in [1.165, 1.54) is 25.9 Å². The van der Waals surface area contributed by atoms with Gasteiger partial charge in [-0.2, -0.15) is 39.5 Å². The maximum absolute atomic E-state index is 11.5. The minimum absolute atomic E-state index is 0.0214. The molecule has 1 aromatic rings. The molecule has 0 aromatic heterocycles. The Kier molecular flexibility index (Phi) is 16.3. The molecule has 0 spiro atoms. The van der Waals surface area contributed by atoms with Gasteiger partial charge >= 0.3 is 36.4 Å². The topological polar surface area (TPSA) is 221 Å². The van der Waals surface area contributed by atoms with Crippen molar-refractivity contribution in [2.45, 2.75) is 37.4 Å². The highest BCUT2D eigenvalue weighted by atomic mass is 19.4. The number of hydrogen-bond donors (Lipinski definition) is 6. The molecule has 0 saturated carbocycles. The number of ether oxygens (including phenoxy) is 1. The number of carboxylic acid groups (broad SMARTS) is 3. The summed E-state index contributed by atoms with van der Waals surface area (Å²) in [5, 5.41) is 28.9. The Labute approximate surface area is 254 Å². The fourth-order valence-electron chi connectivity index (χ4n) is 3.94. The molecular weight excluding hydrogens is 657 g/mol. The van der Waals surface area contributed by atoms with Crippen molar-refractivity contribution in [3.63, 3.8) is 0 Å². The number of primary amides is 1. The van der Waals surface area contributed by atoms with E-state index in [0.29, 0.717) is 36.4 Å². The highest BCUT2D eigenvalue weighted by Crippen LogP contribution is 2.30. The fraction of sp³-hybridized carbons (Fsp3) is 0.542. The van der Waals surface area contributed by atoms with E-state index in [0.717, 1.165) is 6.54 Å². The molecule has 0 aliphatic carbocycles. The van der Waals surface area contributed by atoms with Crippen molar-refractivity contribution in [3.05, 3.63) is 29.8 Å². The lowest BCUT2D eigenvalue weighted by Crippen LogP contribution is -2.59. The number of rotatable bonds is 8. The zero-order valence-electron chi connectivity index (χ0n) is 23.5. The number of alkyl halides is 9. The third-order valence-corrected chi connectivity index (χ3v) is 5.97. The summed E-state index contributed by atoms with van der Waals surface area (Å²) in [5.41, 5.74) is 11.6. The summed E-state index contributed by atoms with van der Waals surface area (Å²) in [7, 11) is 0. The van der Waals surface area contributed by atoms with Gasteiger partial charge in [-0.15, -0.1) is 0 Å². The van der Waals surface area contributed by atoms with E-state index >= 15 is 0 Å². The average molecular weight is 688 g/mol. The number of amidine groups is 1. The highest BCUT2D eigenvalue weighted by molar-refractivity contribution is 5.95. The number of nitrogens with one attached hydrogen (secondary N) is 1. The number of hydrogen-bond acceptors (Lipinski definition) is 8. The number of halogens is 9. The molecule has 3 fully saturated rings. The summed E-state index contributed by atoms with van der Waals surface area (Å²) in [4.78, 5) is 42.8. The summed E-state index contributed by atoms with van der Waals surface area (Å²) < 4.78 is 101. The molecule has 4 rings (SSSR count). The molecule has 3 aliphatic rings. The second-order valence-corrected chi connectivity index (χ2v) is 9.34. The SMILES string of the molecule is N=C(N)c1cccc(OCCN(CC(N)=O)C2CN3CCC2CC3)c1.O=C(O)C(F)(F)F.O=C(O)C(F)(F)F.O=C(O)C(F)(F)F. The molecule has 1 amide bonds. The molecule has 13 nitrogen and oxygen atoms in total. The van der Waals surface area contributed by atoms with E-state index in [4.69, 9.17) is 51.3 Å². The number of fused-ring (bicyclic) bond motifs is 3. The van der Waals surface area contributed by atoms with Gasteiger partial charge in [-0.05, 0) is 44.0 Å². The van der Waals surface area contributed by atoms with Crippen LogP contribution in [-0.4, -0.2) is 119 Å². The van der Waals surface area contributed by atoms with Crippen molar-refractivity contribution in [3.8, 4) is 5.75 Å². The number of aliphatic carboxylic acids is 3. The monoisotopic (exact) mass is 687 g/mol. The lowest BCUT2D eigenvalue weighted by molar-refractivity contribution is -0.193. The van der Waals surface area contributed by atoms with Crippen molar-refractivity contribution in [2.24, 2.45) is 17.4 Å². The number of nitrogens with two attached hydrogens (primary N) is 2. The van der Waals surface area contributed by atoms with Crippen LogP contribution in [0.4, 0.5) is 39.5 Å². The van der Waals surface area contributed by atoms with Crippen LogP contribution in [0.2, 0.25) is 0 Å². The molecule has 2 bridgehead atoms. The zero-order valence-corrected chi connectivity index (χ0v) is 23.5. The van der Waals surface area contributed by atoms with Gasteiger partial charge in [-0.3, -0.25) is 15.1 Å². The van der Waals surface area contributed by atoms with Crippen LogP contribution in [0.15, 0.2) is 24.3 Å². The molecule has 1 unspecified atom stereocenters. The molecule has 46 heavy (non-hydrogen) atoms. The van der Waals surface area contributed by atoms with Crippen molar-refractivity contribution in [1.82, 2.24) is 9.80 Å². The van der Waals surface area contributed by atoms with Gasteiger partial charge in [0.25, 0.3) is 0 Å². The maximum Gasteiger partial charge on any atom is 0.490 e. The number of nitrogen functional groups attached to an aromatic ring is 1.